The molecule has 0 saturated carbocycles. The molecule has 0 aromatic carbocycles. The molecule has 3 nitrogen and oxygen atoms in total. The molecule has 0 aliphatic carbocycles. The molecule has 1 N–H and O–H groups in total. The molecule has 0 radical (unpaired) electrons. The molecule has 15 heavy (non-hydrogen) atoms. The van der Waals surface area contributed by atoms with Gasteiger partial charge in [0.25, 0.3) is 0 Å². The van der Waals surface area contributed by atoms with E-state index in [-0.39, 0.29) is 0 Å². The first-order chi connectivity index (χ1) is 7.15. The molecule has 0 amide bonds. The van der Waals surface area contributed by atoms with Gasteiger partial charge < -0.3 is 9.51 Å². The summed E-state index contributed by atoms with van der Waals surface area (Å²) in [5, 5.41) is 9.91. The molecule has 0 fully saturated rings. The SMILES string of the molecule is CCC(O)c1c(C)nc2c(Br)cccn12. The molecule has 0 saturated heterocycles. The molecule has 0 aliphatic heterocycles. The Hall–Kier alpha value is -0.870. The van der Waals surface area contributed by atoms with Gasteiger partial charge in [-0.25, -0.2) is 4.98 Å². The highest BCUT2D eigenvalue weighted by Gasteiger charge is 2.16. The van der Waals surface area contributed by atoms with Crippen molar-refractivity contribution in [2.75, 3.05) is 0 Å². The molecule has 0 aliphatic rings. The number of halogens is 1. The quantitative estimate of drug-likeness (QED) is 0.910. The Labute approximate surface area is 96.9 Å². The van der Waals surface area contributed by atoms with Gasteiger partial charge in [-0.2, -0.15) is 0 Å². The highest BCUT2D eigenvalue weighted by Crippen LogP contribution is 2.25. The average Bonchev–Trinajstić information content (AvgIpc) is 2.55. The van der Waals surface area contributed by atoms with E-state index in [0.29, 0.717) is 6.42 Å². The Kier molecular flexibility index (Phi) is 2.80. The number of aliphatic hydroxyl groups is 1. The molecule has 0 bridgehead atoms. The summed E-state index contributed by atoms with van der Waals surface area (Å²) in [6, 6.07) is 3.88. The van der Waals surface area contributed by atoms with E-state index in [2.05, 4.69) is 20.9 Å². The summed E-state index contributed by atoms with van der Waals surface area (Å²) < 4.78 is 2.88. The van der Waals surface area contributed by atoms with Gasteiger partial charge in [-0.1, -0.05) is 6.92 Å². The number of hydrogen-bond donors (Lipinski definition) is 1. The minimum absolute atomic E-state index is 0.450. The summed E-state index contributed by atoms with van der Waals surface area (Å²) in [6.07, 6.45) is 2.17. The minimum atomic E-state index is -0.450. The van der Waals surface area contributed by atoms with Crippen molar-refractivity contribution in [3.8, 4) is 0 Å². The molecule has 1 unspecified atom stereocenters. The first kappa shape index (κ1) is 10.6. The molecular weight excluding hydrogens is 256 g/mol. The highest BCUT2D eigenvalue weighted by atomic mass is 79.9. The van der Waals surface area contributed by atoms with Gasteiger partial charge in [0.2, 0.25) is 0 Å². The summed E-state index contributed by atoms with van der Waals surface area (Å²) in [5.41, 5.74) is 2.63. The second-order valence-corrected chi connectivity index (χ2v) is 4.41. The van der Waals surface area contributed by atoms with Crippen LogP contribution in [0.4, 0.5) is 0 Å². The molecule has 2 rings (SSSR count). The molecule has 80 valence electrons. The lowest BCUT2D eigenvalue weighted by molar-refractivity contribution is 0.167. The molecule has 2 heterocycles. The fourth-order valence-electron chi connectivity index (χ4n) is 1.76. The summed E-state index contributed by atoms with van der Waals surface area (Å²) in [5.74, 6) is 0. The molecular formula is C11H13BrN2O. The van der Waals surface area contributed by atoms with Gasteiger partial charge in [0, 0.05) is 6.20 Å². The highest BCUT2D eigenvalue weighted by molar-refractivity contribution is 9.10. The number of imidazole rings is 1. The van der Waals surface area contributed by atoms with Crippen molar-refractivity contribution >= 4 is 21.6 Å². The molecule has 2 aromatic rings. The third kappa shape index (κ3) is 1.68. The van der Waals surface area contributed by atoms with Crippen molar-refractivity contribution in [3.63, 3.8) is 0 Å². The van der Waals surface area contributed by atoms with Crippen LogP contribution in [0.5, 0.6) is 0 Å². The fourth-order valence-corrected chi connectivity index (χ4v) is 2.19. The van der Waals surface area contributed by atoms with Crippen LogP contribution in [0.1, 0.15) is 30.8 Å². The van der Waals surface area contributed by atoms with Crippen LogP contribution in [0.3, 0.4) is 0 Å². The van der Waals surface area contributed by atoms with E-state index in [1.165, 1.54) is 0 Å². The number of hydrogen-bond acceptors (Lipinski definition) is 2. The van der Waals surface area contributed by atoms with Crippen LogP contribution in [-0.2, 0) is 0 Å². The van der Waals surface area contributed by atoms with E-state index in [4.69, 9.17) is 0 Å². The van der Waals surface area contributed by atoms with Gasteiger partial charge >= 0.3 is 0 Å². The van der Waals surface area contributed by atoms with Gasteiger partial charge in [-0.15, -0.1) is 0 Å². The zero-order chi connectivity index (χ0) is 11.0. The first-order valence-corrected chi connectivity index (χ1v) is 5.75. The minimum Gasteiger partial charge on any atom is -0.387 e. The number of pyridine rings is 1. The lowest BCUT2D eigenvalue weighted by atomic mass is 10.2. The maximum absolute atomic E-state index is 9.91. The average molecular weight is 269 g/mol. The monoisotopic (exact) mass is 268 g/mol. The zero-order valence-electron chi connectivity index (χ0n) is 8.74. The van der Waals surface area contributed by atoms with Crippen molar-refractivity contribution in [3.05, 3.63) is 34.2 Å². The molecule has 0 spiro atoms. The first-order valence-electron chi connectivity index (χ1n) is 4.96. The number of aliphatic hydroxyl groups excluding tert-OH is 1. The second kappa shape index (κ2) is 3.94. The third-order valence-corrected chi connectivity index (χ3v) is 3.14. The maximum Gasteiger partial charge on any atom is 0.151 e. The topological polar surface area (TPSA) is 37.5 Å². The van der Waals surface area contributed by atoms with Gasteiger partial charge in [0.05, 0.1) is 22.0 Å². The summed E-state index contributed by atoms with van der Waals surface area (Å²) in [4.78, 5) is 4.44. The lowest BCUT2D eigenvalue weighted by Crippen LogP contribution is -2.01. The Morgan fingerprint density at radius 3 is 3.00 bits per heavy atom. The molecule has 4 heteroatoms. The van der Waals surface area contributed by atoms with Crippen LogP contribution in [-0.4, -0.2) is 14.5 Å². The Morgan fingerprint density at radius 1 is 1.60 bits per heavy atom. The van der Waals surface area contributed by atoms with Crippen LogP contribution in [0.2, 0.25) is 0 Å². The van der Waals surface area contributed by atoms with E-state index in [1.807, 2.05) is 36.6 Å². The van der Waals surface area contributed by atoms with E-state index in [0.717, 1.165) is 21.5 Å². The number of nitrogens with zero attached hydrogens (tertiary/aromatic N) is 2. The van der Waals surface area contributed by atoms with E-state index in [9.17, 15) is 5.11 Å². The second-order valence-electron chi connectivity index (χ2n) is 3.56. The number of aromatic nitrogens is 2. The predicted molar refractivity (Wildman–Crippen MR) is 62.9 cm³/mol. The fraction of sp³-hybridized carbons (Fsp3) is 0.364. The molecule has 2 aromatic heterocycles. The van der Waals surface area contributed by atoms with Gasteiger partial charge in [-0.05, 0) is 41.4 Å². The summed E-state index contributed by atoms with van der Waals surface area (Å²) >= 11 is 3.45. The standard InChI is InChI=1S/C11H13BrN2O/c1-3-9(15)10-7(2)13-11-8(12)5-4-6-14(10)11/h4-6,9,15H,3H2,1-2H3. The maximum atomic E-state index is 9.91. The van der Waals surface area contributed by atoms with Crippen molar-refractivity contribution in [1.82, 2.24) is 9.38 Å². The third-order valence-electron chi connectivity index (χ3n) is 2.53. The molecule has 1 atom stereocenters. The van der Waals surface area contributed by atoms with Gasteiger partial charge in [0.1, 0.15) is 0 Å². The predicted octanol–water partition coefficient (Wildman–Crippen LogP) is 2.85. The zero-order valence-corrected chi connectivity index (χ0v) is 10.3. The van der Waals surface area contributed by atoms with Gasteiger partial charge in [0.15, 0.2) is 5.65 Å². The number of rotatable bonds is 2. The Bertz CT molecular complexity index is 493. The number of aryl methyl sites for hydroxylation is 1. The summed E-state index contributed by atoms with van der Waals surface area (Å²) in [6.45, 7) is 3.88. The summed E-state index contributed by atoms with van der Waals surface area (Å²) in [7, 11) is 0. The van der Waals surface area contributed by atoms with Crippen LogP contribution in [0.15, 0.2) is 22.8 Å². The smallest absolute Gasteiger partial charge is 0.151 e. The van der Waals surface area contributed by atoms with E-state index >= 15 is 0 Å². The number of fused-ring (bicyclic) bond motifs is 1. The lowest BCUT2D eigenvalue weighted by Gasteiger charge is -2.08. The largest absolute Gasteiger partial charge is 0.387 e. The van der Waals surface area contributed by atoms with E-state index in [1.54, 1.807) is 0 Å². The van der Waals surface area contributed by atoms with Crippen LogP contribution in [0.25, 0.3) is 5.65 Å². The Morgan fingerprint density at radius 2 is 2.33 bits per heavy atom. The van der Waals surface area contributed by atoms with Crippen LogP contribution in [0, 0.1) is 6.92 Å². The normalized spacial score (nSPS) is 13.3. The van der Waals surface area contributed by atoms with Gasteiger partial charge in [-0.3, -0.25) is 0 Å². The van der Waals surface area contributed by atoms with Crippen molar-refractivity contribution in [2.24, 2.45) is 0 Å². The Balaban J connectivity index is 2.73. The van der Waals surface area contributed by atoms with Crippen molar-refractivity contribution < 1.29 is 5.11 Å². The van der Waals surface area contributed by atoms with Crippen LogP contribution < -0.4 is 0 Å². The van der Waals surface area contributed by atoms with E-state index < -0.39 is 6.10 Å². The van der Waals surface area contributed by atoms with Crippen molar-refractivity contribution in [2.45, 2.75) is 26.4 Å². The van der Waals surface area contributed by atoms with Crippen molar-refractivity contribution in [1.29, 1.82) is 0 Å². The van der Waals surface area contributed by atoms with Crippen LogP contribution >= 0.6 is 15.9 Å².